The molecule has 0 fully saturated rings. The number of fused-ring (bicyclic) bond motifs is 4. The molecule has 2 bridgehead atoms. The molecule has 1 aromatic carbocycles. The number of nitrogens with zero attached hydrogens (tertiary/aromatic N) is 8. The maximum absolute atomic E-state index is 13.7. The second-order valence-electron chi connectivity index (χ2n) is 10.7. The molecule has 1 amide bonds. The fourth-order valence-corrected chi connectivity index (χ4v) is 5.42. The van der Waals surface area contributed by atoms with Crippen LogP contribution in [0.15, 0.2) is 66.1 Å². The zero-order valence-corrected chi connectivity index (χ0v) is 23.6. The highest BCUT2D eigenvalue weighted by Gasteiger charge is 2.24. The Morgan fingerprint density at radius 2 is 1.95 bits per heavy atom. The molecular formula is C30H31N9O3. The van der Waals surface area contributed by atoms with Crippen LogP contribution in [0.5, 0.6) is 0 Å². The first-order valence-corrected chi connectivity index (χ1v) is 13.8. The lowest BCUT2D eigenvalue weighted by Crippen LogP contribution is -2.27. The van der Waals surface area contributed by atoms with Crippen molar-refractivity contribution in [2.45, 2.75) is 45.8 Å². The predicted octanol–water partition coefficient (Wildman–Crippen LogP) is 3.44. The number of aliphatic hydroxyl groups excluding tert-OH is 1. The van der Waals surface area contributed by atoms with Crippen molar-refractivity contribution in [2.24, 2.45) is 13.0 Å². The third-order valence-corrected chi connectivity index (χ3v) is 7.70. The summed E-state index contributed by atoms with van der Waals surface area (Å²) in [7, 11) is 1.83. The number of hydrogen-bond donors (Lipinski definition) is 2. The van der Waals surface area contributed by atoms with Gasteiger partial charge < -0.3 is 10.4 Å². The zero-order chi connectivity index (χ0) is 29.4. The van der Waals surface area contributed by atoms with Crippen LogP contribution < -0.4 is 10.9 Å². The van der Waals surface area contributed by atoms with Gasteiger partial charge in [0.1, 0.15) is 5.69 Å². The lowest BCUT2D eigenvalue weighted by atomic mass is 9.97. The van der Waals surface area contributed by atoms with Crippen LogP contribution in [0.3, 0.4) is 0 Å². The zero-order valence-electron chi connectivity index (χ0n) is 23.6. The molecule has 0 saturated carbocycles. The maximum Gasteiger partial charge on any atom is 0.254 e. The van der Waals surface area contributed by atoms with Crippen LogP contribution in [-0.2, 0) is 18.4 Å². The minimum absolute atomic E-state index is 0.0636. The van der Waals surface area contributed by atoms with Crippen LogP contribution in [0.4, 0.5) is 5.69 Å². The molecule has 0 aliphatic carbocycles. The molecule has 1 aliphatic rings. The summed E-state index contributed by atoms with van der Waals surface area (Å²) in [5.74, 6) is -0.282. The third-order valence-electron chi connectivity index (χ3n) is 7.70. The molecule has 4 aromatic heterocycles. The quantitative estimate of drug-likeness (QED) is 0.337. The molecule has 5 aromatic rings. The molecule has 42 heavy (non-hydrogen) atoms. The van der Waals surface area contributed by atoms with E-state index in [1.807, 2.05) is 51.2 Å². The number of amides is 1. The Labute approximate surface area is 241 Å². The number of carbonyl (C=O) groups is 1. The summed E-state index contributed by atoms with van der Waals surface area (Å²) < 4.78 is 4.91. The van der Waals surface area contributed by atoms with E-state index in [-0.39, 0.29) is 30.0 Å². The van der Waals surface area contributed by atoms with Gasteiger partial charge in [0.2, 0.25) is 5.91 Å². The van der Waals surface area contributed by atoms with Crippen LogP contribution in [0.25, 0.3) is 28.2 Å². The fraction of sp³-hybridized carbons (Fsp3) is 0.300. The summed E-state index contributed by atoms with van der Waals surface area (Å²) in [6.45, 7) is 3.65. The summed E-state index contributed by atoms with van der Waals surface area (Å²) in [4.78, 5) is 36.1. The normalized spacial score (nSPS) is 17.2. The van der Waals surface area contributed by atoms with Crippen molar-refractivity contribution in [2.75, 3.05) is 5.32 Å². The Kier molecular flexibility index (Phi) is 7.21. The van der Waals surface area contributed by atoms with E-state index in [4.69, 9.17) is 4.98 Å². The highest BCUT2D eigenvalue weighted by molar-refractivity contribution is 5.95. The van der Waals surface area contributed by atoms with Crippen LogP contribution in [-0.4, -0.2) is 50.3 Å². The fourth-order valence-electron chi connectivity index (χ4n) is 5.42. The van der Waals surface area contributed by atoms with E-state index in [0.717, 1.165) is 28.1 Å². The molecule has 0 saturated heterocycles. The number of aryl methyl sites for hydroxylation is 2. The highest BCUT2D eigenvalue weighted by Crippen LogP contribution is 2.33. The van der Waals surface area contributed by atoms with Gasteiger partial charge in [-0.3, -0.25) is 23.8 Å². The van der Waals surface area contributed by atoms with Gasteiger partial charge in [-0.25, -0.2) is 9.67 Å². The minimum Gasteiger partial charge on any atom is -0.390 e. The average Bonchev–Trinajstić information content (AvgIpc) is 3.61. The van der Waals surface area contributed by atoms with Crippen molar-refractivity contribution in [1.29, 1.82) is 0 Å². The second-order valence-corrected chi connectivity index (χ2v) is 10.7. The minimum atomic E-state index is -0.384. The number of hydrogen-bond acceptors (Lipinski definition) is 8. The first-order chi connectivity index (χ1) is 20.3. The summed E-state index contributed by atoms with van der Waals surface area (Å²) in [6.07, 6.45) is 8.55. The Balaban J connectivity index is 1.43. The van der Waals surface area contributed by atoms with Gasteiger partial charge in [0.25, 0.3) is 5.56 Å². The molecular weight excluding hydrogens is 534 g/mol. The van der Waals surface area contributed by atoms with E-state index < -0.39 is 0 Å². The summed E-state index contributed by atoms with van der Waals surface area (Å²) in [5.41, 5.74) is 6.09. The third kappa shape index (κ3) is 5.12. The first-order valence-electron chi connectivity index (χ1n) is 13.8. The first kappa shape index (κ1) is 27.2. The van der Waals surface area contributed by atoms with Crippen molar-refractivity contribution in [1.82, 2.24) is 39.3 Å². The molecule has 214 valence electrons. The van der Waals surface area contributed by atoms with Crippen molar-refractivity contribution in [3.8, 4) is 28.2 Å². The Bertz CT molecular complexity index is 1840. The SMILES string of the molecule is Cc1ccc(-n2cc(CO)nn2)c(-c2cc(=O)n([C@H]3CCC[C@@H](C)C(=O)Nc4cnn(C)c4-c4ccnc3c4)cn2)c1. The van der Waals surface area contributed by atoms with E-state index in [1.165, 1.54) is 6.07 Å². The molecule has 5 heterocycles. The molecule has 0 spiro atoms. The van der Waals surface area contributed by atoms with E-state index in [0.29, 0.717) is 42.0 Å². The molecule has 12 heteroatoms. The van der Waals surface area contributed by atoms with Gasteiger partial charge in [-0.15, -0.1) is 5.10 Å². The van der Waals surface area contributed by atoms with Gasteiger partial charge >= 0.3 is 0 Å². The Morgan fingerprint density at radius 3 is 2.74 bits per heavy atom. The Hall–Kier alpha value is -4.97. The molecule has 0 radical (unpaired) electrons. The van der Waals surface area contributed by atoms with Gasteiger partial charge in [0, 0.05) is 36.4 Å². The van der Waals surface area contributed by atoms with E-state index in [2.05, 4.69) is 25.7 Å². The number of pyridine rings is 1. The average molecular weight is 566 g/mol. The largest absolute Gasteiger partial charge is 0.390 e. The van der Waals surface area contributed by atoms with Crippen LogP contribution in [0.1, 0.15) is 49.2 Å². The van der Waals surface area contributed by atoms with E-state index in [1.54, 1.807) is 38.8 Å². The van der Waals surface area contributed by atoms with E-state index >= 15 is 0 Å². The lowest BCUT2D eigenvalue weighted by molar-refractivity contribution is -0.119. The highest BCUT2D eigenvalue weighted by atomic mass is 16.3. The van der Waals surface area contributed by atoms with Crippen molar-refractivity contribution >= 4 is 11.6 Å². The number of aromatic nitrogens is 8. The van der Waals surface area contributed by atoms with Gasteiger partial charge in [-0.2, -0.15) is 5.10 Å². The van der Waals surface area contributed by atoms with Crippen LogP contribution in [0.2, 0.25) is 0 Å². The summed E-state index contributed by atoms with van der Waals surface area (Å²) in [5, 5.41) is 25.0. The summed E-state index contributed by atoms with van der Waals surface area (Å²) >= 11 is 0. The number of aliphatic hydroxyl groups is 1. The van der Waals surface area contributed by atoms with Gasteiger partial charge in [-0.1, -0.05) is 30.2 Å². The Morgan fingerprint density at radius 1 is 1.10 bits per heavy atom. The van der Waals surface area contributed by atoms with Crippen LogP contribution in [0, 0.1) is 12.8 Å². The van der Waals surface area contributed by atoms with Gasteiger partial charge in [-0.05, 0) is 44.0 Å². The number of benzene rings is 1. The number of nitrogens with one attached hydrogen (secondary N) is 1. The molecule has 2 N–H and O–H groups in total. The predicted molar refractivity (Wildman–Crippen MR) is 156 cm³/mol. The maximum atomic E-state index is 13.7. The summed E-state index contributed by atoms with van der Waals surface area (Å²) in [6, 6.07) is 10.7. The van der Waals surface area contributed by atoms with Crippen molar-refractivity contribution < 1.29 is 9.90 Å². The molecule has 2 atom stereocenters. The molecule has 12 nitrogen and oxygen atoms in total. The standard InChI is InChI=1S/C30H31N9O3/c1-18-7-8-26(39-15-21(16-40)35-36-39)22(11-18)23-13-28(41)38(17-32-23)27-6-4-5-19(2)30(42)34-25-14-33-37(3)29(25)20-9-10-31-24(27)12-20/h7-15,17,19,27,40H,4-6,16H2,1-3H3,(H,34,42)/t19-,27+/m1/s1. The molecule has 0 unspecified atom stereocenters. The topological polar surface area (TPSA) is 146 Å². The number of rotatable bonds is 4. The molecule has 1 aliphatic heterocycles. The second kappa shape index (κ2) is 11.1. The van der Waals surface area contributed by atoms with Crippen molar-refractivity contribution in [3.05, 3.63) is 88.6 Å². The van der Waals surface area contributed by atoms with E-state index in [9.17, 15) is 14.7 Å². The van der Waals surface area contributed by atoms with Crippen molar-refractivity contribution in [3.63, 3.8) is 0 Å². The monoisotopic (exact) mass is 565 g/mol. The smallest absolute Gasteiger partial charge is 0.254 e. The number of carbonyl (C=O) groups excluding carboxylic acids is 1. The number of anilines is 1. The van der Waals surface area contributed by atoms with Gasteiger partial charge in [0.05, 0.1) is 59.8 Å². The molecule has 6 rings (SSSR count). The lowest BCUT2D eigenvalue weighted by Gasteiger charge is -2.22. The van der Waals surface area contributed by atoms with Gasteiger partial charge in [0.15, 0.2) is 0 Å². The van der Waals surface area contributed by atoms with Crippen LogP contribution >= 0.6 is 0 Å².